The number of carbonyl (C=O) groups excluding carboxylic acids is 3. The van der Waals surface area contributed by atoms with Gasteiger partial charge in [0.1, 0.15) is 6.04 Å². The van der Waals surface area contributed by atoms with Gasteiger partial charge in [0, 0.05) is 22.4 Å². The van der Waals surface area contributed by atoms with E-state index >= 15 is 0 Å². The second kappa shape index (κ2) is 14.5. The van der Waals surface area contributed by atoms with Crippen molar-refractivity contribution in [3.63, 3.8) is 0 Å². The van der Waals surface area contributed by atoms with Crippen LogP contribution >= 0.6 is 0 Å². The molecule has 0 spiro atoms. The summed E-state index contributed by atoms with van der Waals surface area (Å²) in [5.74, 6) is 4.46. The van der Waals surface area contributed by atoms with E-state index in [1.165, 1.54) is 12.4 Å². The molecule has 0 unspecified atom stereocenters. The van der Waals surface area contributed by atoms with E-state index in [2.05, 4.69) is 29.4 Å². The summed E-state index contributed by atoms with van der Waals surface area (Å²) in [7, 11) is 1.91. The second-order valence-corrected chi connectivity index (χ2v) is 7.86. The summed E-state index contributed by atoms with van der Waals surface area (Å²) in [6, 6.07) is 12.3. The van der Waals surface area contributed by atoms with Crippen molar-refractivity contribution in [1.82, 2.24) is 15.7 Å². The molecular formula is C26H34N4O5. The minimum absolute atomic E-state index is 0. The molecular weight excluding hydrogens is 448 g/mol. The molecule has 0 aliphatic rings. The molecule has 0 bridgehead atoms. The van der Waals surface area contributed by atoms with Crippen LogP contribution in [0, 0.1) is 11.8 Å². The van der Waals surface area contributed by atoms with E-state index in [1.807, 2.05) is 24.1 Å². The van der Waals surface area contributed by atoms with Crippen molar-refractivity contribution in [2.75, 3.05) is 25.5 Å². The Morgan fingerprint density at radius 3 is 2.03 bits per heavy atom. The maximum Gasteiger partial charge on any atom is 0.268 e. The molecule has 2 atom stereocenters. The molecule has 0 aromatic heterocycles. The average molecular weight is 483 g/mol. The zero-order valence-corrected chi connectivity index (χ0v) is 19.5. The lowest BCUT2D eigenvalue weighted by Gasteiger charge is -2.19. The minimum atomic E-state index is -1.29. The fraction of sp³-hybridized carbons (Fsp3) is 0.346. The van der Waals surface area contributed by atoms with Gasteiger partial charge < -0.3 is 15.7 Å². The van der Waals surface area contributed by atoms with Crippen LogP contribution in [0.25, 0.3) is 0 Å². The van der Waals surface area contributed by atoms with E-state index < -0.39 is 24.0 Å². The molecule has 0 saturated heterocycles. The number of likely N-dealkylation sites (N-methyl/N-ethyl adjacent to an activating group) is 1. The third-order valence-corrected chi connectivity index (χ3v) is 4.85. The topological polar surface area (TPSA) is 131 Å². The van der Waals surface area contributed by atoms with Crippen molar-refractivity contribution in [3.05, 3.63) is 65.2 Å². The lowest BCUT2D eigenvalue weighted by atomic mass is 10.1. The van der Waals surface area contributed by atoms with Gasteiger partial charge in [-0.05, 0) is 75.5 Å². The van der Waals surface area contributed by atoms with Crippen LogP contribution in [0.3, 0.4) is 0 Å². The number of amides is 3. The molecule has 0 heterocycles. The van der Waals surface area contributed by atoms with E-state index in [9.17, 15) is 19.5 Å². The number of nitrogens with one attached hydrogen (secondary N) is 3. The molecule has 188 valence electrons. The molecule has 0 fully saturated rings. The van der Waals surface area contributed by atoms with Gasteiger partial charge >= 0.3 is 0 Å². The van der Waals surface area contributed by atoms with Crippen LogP contribution in [0.1, 0.15) is 49.2 Å². The summed E-state index contributed by atoms with van der Waals surface area (Å²) in [5, 5.41) is 23.6. The summed E-state index contributed by atoms with van der Waals surface area (Å²) >= 11 is 0. The summed E-state index contributed by atoms with van der Waals surface area (Å²) in [6.07, 6.45) is -0.205. The van der Waals surface area contributed by atoms with Gasteiger partial charge in [0.15, 0.2) is 0 Å². The third kappa shape index (κ3) is 9.59. The van der Waals surface area contributed by atoms with Crippen LogP contribution in [0.15, 0.2) is 48.5 Å². The van der Waals surface area contributed by atoms with Gasteiger partial charge in [0.2, 0.25) is 5.91 Å². The number of benzene rings is 2. The maximum atomic E-state index is 12.3. The zero-order valence-electron chi connectivity index (χ0n) is 19.5. The molecule has 0 radical (unpaired) electrons. The monoisotopic (exact) mass is 482 g/mol. The highest BCUT2D eigenvalue weighted by Crippen LogP contribution is 2.10. The van der Waals surface area contributed by atoms with Crippen molar-refractivity contribution >= 4 is 23.4 Å². The first-order valence-electron chi connectivity index (χ1n) is 10.9. The highest BCUT2D eigenvalue weighted by molar-refractivity contribution is 5.97. The molecule has 9 nitrogen and oxygen atoms in total. The van der Waals surface area contributed by atoms with Crippen LogP contribution in [0.5, 0.6) is 0 Å². The van der Waals surface area contributed by atoms with Crippen molar-refractivity contribution in [2.45, 2.75) is 39.8 Å². The SMILES string of the molecule is C.CCCN(C)CC(=O)Nc1ccc(C#Cc2ccc(C(=O)N[C@H](C(=O)NO)[C@@H](C)O)cc2)cc1. The highest BCUT2D eigenvalue weighted by Gasteiger charge is 2.25. The highest BCUT2D eigenvalue weighted by atomic mass is 16.5. The summed E-state index contributed by atoms with van der Waals surface area (Å²) in [5.41, 5.74) is 3.82. The Morgan fingerprint density at radius 2 is 1.54 bits per heavy atom. The van der Waals surface area contributed by atoms with Crippen molar-refractivity contribution in [1.29, 1.82) is 0 Å². The van der Waals surface area contributed by atoms with Gasteiger partial charge in [-0.2, -0.15) is 0 Å². The quantitative estimate of drug-likeness (QED) is 0.211. The first-order valence-corrected chi connectivity index (χ1v) is 10.9. The first-order chi connectivity index (χ1) is 16.2. The zero-order chi connectivity index (χ0) is 25.1. The Bertz CT molecular complexity index is 1040. The van der Waals surface area contributed by atoms with Crippen LogP contribution in [0.4, 0.5) is 5.69 Å². The Labute approximate surface area is 206 Å². The minimum Gasteiger partial charge on any atom is -0.391 e. The molecule has 0 saturated carbocycles. The molecule has 0 aliphatic heterocycles. The molecule has 2 aromatic rings. The number of anilines is 1. The van der Waals surface area contributed by atoms with Crippen LogP contribution in [0.2, 0.25) is 0 Å². The van der Waals surface area contributed by atoms with Gasteiger partial charge in [-0.3, -0.25) is 24.5 Å². The number of rotatable bonds is 9. The molecule has 5 N–H and O–H groups in total. The van der Waals surface area contributed by atoms with Crippen LogP contribution in [-0.4, -0.2) is 65.2 Å². The number of nitrogens with zero attached hydrogens (tertiary/aromatic N) is 1. The second-order valence-electron chi connectivity index (χ2n) is 7.86. The van der Waals surface area contributed by atoms with Gasteiger partial charge in [-0.25, -0.2) is 5.48 Å². The summed E-state index contributed by atoms with van der Waals surface area (Å²) in [6.45, 7) is 4.58. The lowest BCUT2D eigenvalue weighted by molar-refractivity contribution is -0.133. The van der Waals surface area contributed by atoms with Gasteiger partial charge in [0.25, 0.3) is 11.8 Å². The van der Waals surface area contributed by atoms with E-state index in [1.54, 1.807) is 36.4 Å². The maximum absolute atomic E-state index is 12.3. The number of hydrogen-bond donors (Lipinski definition) is 5. The fourth-order valence-electron chi connectivity index (χ4n) is 3.09. The summed E-state index contributed by atoms with van der Waals surface area (Å²) in [4.78, 5) is 37.9. The molecule has 3 amide bonds. The molecule has 2 aromatic carbocycles. The largest absolute Gasteiger partial charge is 0.391 e. The van der Waals surface area contributed by atoms with Crippen molar-refractivity contribution < 1.29 is 24.7 Å². The molecule has 35 heavy (non-hydrogen) atoms. The predicted octanol–water partition coefficient (Wildman–Crippen LogP) is 1.99. The molecule has 2 rings (SSSR count). The van der Waals surface area contributed by atoms with Crippen molar-refractivity contribution in [3.8, 4) is 11.8 Å². The number of aliphatic hydroxyl groups excluding tert-OH is 1. The number of carbonyl (C=O) groups is 3. The predicted molar refractivity (Wildman–Crippen MR) is 135 cm³/mol. The molecule has 0 aliphatic carbocycles. The Hall–Kier alpha value is -3.71. The van der Waals surface area contributed by atoms with Crippen molar-refractivity contribution in [2.24, 2.45) is 0 Å². The standard InChI is InChI=1S/C25H30N4O5.CH4/c1-4-15-29(3)16-22(31)26-21-13-9-19(10-14-21)6-5-18-7-11-20(12-8-18)24(32)27-23(17(2)30)25(33)28-34;/h7-14,17,23,30,34H,4,15-16H2,1-3H3,(H,26,31)(H,27,32)(H,28,33);1H4/t17-,23+;/m1./s1. The number of hydrogen-bond acceptors (Lipinski definition) is 6. The lowest BCUT2D eigenvalue weighted by Crippen LogP contribution is -2.51. The Kier molecular flexibility index (Phi) is 12.2. The van der Waals surface area contributed by atoms with Crippen LogP contribution < -0.4 is 16.1 Å². The van der Waals surface area contributed by atoms with E-state index in [0.717, 1.165) is 18.5 Å². The van der Waals surface area contributed by atoms with Crippen LogP contribution in [-0.2, 0) is 9.59 Å². The van der Waals surface area contributed by atoms with Gasteiger partial charge in [0.05, 0.1) is 12.6 Å². The Morgan fingerprint density at radius 1 is 1.00 bits per heavy atom. The average Bonchev–Trinajstić information content (AvgIpc) is 2.81. The van der Waals surface area contributed by atoms with Gasteiger partial charge in [-0.1, -0.05) is 26.2 Å². The van der Waals surface area contributed by atoms with E-state index in [4.69, 9.17) is 5.21 Å². The first kappa shape index (κ1) is 29.3. The normalized spacial score (nSPS) is 11.8. The third-order valence-electron chi connectivity index (χ3n) is 4.85. The van der Waals surface area contributed by atoms with Gasteiger partial charge in [-0.15, -0.1) is 0 Å². The van der Waals surface area contributed by atoms with E-state index in [0.29, 0.717) is 17.8 Å². The number of aliphatic hydroxyl groups is 1. The smallest absolute Gasteiger partial charge is 0.268 e. The summed E-state index contributed by atoms with van der Waals surface area (Å²) < 4.78 is 0. The molecule has 9 heteroatoms. The Balaban J connectivity index is 0.00000612. The van der Waals surface area contributed by atoms with E-state index in [-0.39, 0.29) is 18.9 Å². The fourth-order valence-corrected chi connectivity index (χ4v) is 3.09. The number of hydroxylamine groups is 1.